The van der Waals surface area contributed by atoms with Crippen LogP contribution < -0.4 is 11.1 Å². The average Bonchev–Trinajstić information content (AvgIpc) is 2.18. The van der Waals surface area contributed by atoms with Crippen LogP contribution in [-0.4, -0.2) is 11.0 Å². The van der Waals surface area contributed by atoms with Crippen LogP contribution in [0.1, 0.15) is 13.8 Å². The number of anilines is 2. The van der Waals surface area contributed by atoms with E-state index in [1.165, 1.54) is 0 Å². The van der Waals surface area contributed by atoms with E-state index in [1.807, 2.05) is 30.5 Å². The zero-order chi connectivity index (χ0) is 10.8. The number of nitrogens with one attached hydrogen (secondary N) is 1. The Morgan fingerprint density at radius 2 is 2.07 bits per heavy atom. The highest BCUT2D eigenvalue weighted by atomic mass is 15.0. The summed E-state index contributed by atoms with van der Waals surface area (Å²) in [6.07, 6.45) is 1.81. The maximum Gasteiger partial charge on any atom is 0.134 e. The zero-order valence-corrected chi connectivity index (χ0v) is 8.99. The fourth-order valence-electron chi connectivity index (χ4n) is 1.57. The van der Waals surface area contributed by atoms with Gasteiger partial charge in [-0.15, -0.1) is 0 Å². The van der Waals surface area contributed by atoms with Crippen LogP contribution in [0.25, 0.3) is 10.8 Å². The van der Waals surface area contributed by atoms with Crippen LogP contribution in [0.2, 0.25) is 0 Å². The summed E-state index contributed by atoms with van der Waals surface area (Å²) in [4.78, 5) is 4.32. The van der Waals surface area contributed by atoms with Crippen molar-refractivity contribution in [1.29, 1.82) is 0 Å². The molecular formula is C12H15N3. The van der Waals surface area contributed by atoms with Crippen molar-refractivity contribution in [2.75, 3.05) is 11.1 Å². The van der Waals surface area contributed by atoms with Gasteiger partial charge in [0, 0.05) is 23.3 Å². The molecule has 2 rings (SSSR count). The van der Waals surface area contributed by atoms with E-state index >= 15 is 0 Å². The molecule has 0 atom stereocenters. The molecule has 0 radical (unpaired) electrons. The standard InChI is InChI=1S/C12H15N3/c1-8(2)15-12-11-7-10(13)4-3-9(11)5-6-14-12/h3-8H,13H2,1-2H3,(H,14,15). The van der Waals surface area contributed by atoms with Gasteiger partial charge in [-0.05, 0) is 37.4 Å². The fraction of sp³-hybridized carbons (Fsp3) is 0.250. The van der Waals surface area contributed by atoms with Crippen LogP contribution in [0, 0.1) is 0 Å². The van der Waals surface area contributed by atoms with E-state index < -0.39 is 0 Å². The summed E-state index contributed by atoms with van der Waals surface area (Å²) in [7, 11) is 0. The molecule has 0 fully saturated rings. The van der Waals surface area contributed by atoms with Gasteiger partial charge < -0.3 is 11.1 Å². The molecule has 0 amide bonds. The zero-order valence-electron chi connectivity index (χ0n) is 8.99. The summed E-state index contributed by atoms with van der Waals surface area (Å²) in [6, 6.07) is 8.22. The van der Waals surface area contributed by atoms with Crippen molar-refractivity contribution in [1.82, 2.24) is 4.98 Å². The van der Waals surface area contributed by atoms with Crippen molar-refractivity contribution in [3.8, 4) is 0 Å². The van der Waals surface area contributed by atoms with E-state index in [9.17, 15) is 0 Å². The Bertz CT molecular complexity index is 477. The van der Waals surface area contributed by atoms with Crippen molar-refractivity contribution in [3.05, 3.63) is 30.5 Å². The fourth-order valence-corrected chi connectivity index (χ4v) is 1.57. The topological polar surface area (TPSA) is 50.9 Å². The predicted molar refractivity (Wildman–Crippen MR) is 64.9 cm³/mol. The van der Waals surface area contributed by atoms with Crippen LogP contribution in [0.5, 0.6) is 0 Å². The quantitative estimate of drug-likeness (QED) is 0.734. The van der Waals surface area contributed by atoms with E-state index in [4.69, 9.17) is 5.73 Å². The minimum absolute atomic E-state index is 0.365. The van der Waals surface area contributed by atoms with Crippen molar-refractivity contribution in [3.63, 3.8) is 0 Å². The summed E-state index contributed by atoms with van der Waals surface area (Å²) < 4.78 is 0. The van der Waals surface area contributed by atoms with Gasteiger partial charge in [-0.2, -0.15) is 0 Å². The van der Waals surface area contributed by atoms with Crippen molar-refractivity contribution < 1.29 is 0 Å². The first kappa shape index (κ1) is 9.77. The molecule has 15 heavy (non-hydrogen) atoms. The number of fused-ring (bicyclic) bond motifs is 1. The Balaban J connectivity index is 2.58. The molecule has 3 heteroatoms. The molecule has 0 unspecified atom stereocenters. The van der Waals surface area contributed by atoms with Gasteiger partial charge in [0.1, 0.15) is 5.82 Å². The van der Waals surface area contributed by atoms with Gasteiger partial charge in [-0.1, -0.05) is 6.07 Å². The first-order valence-corrected chi connectivity index (χ1v) is 5.07. The lowest BCUT2D eigenvalue weighted by Crippen LogP contribution is -2.11. The van der Waals surface area contributed by atoms with Crippen molar-refractivity contribution >= 4 is 22.3 Å². The van der Waals surface area contributed by atoms with Crippen LogP contribution in [0.3, 0.4) is 0 Å². The number of hydrogen-bond donors (Lipinski definition) is 2. The van der Waals surface area contributed by atoms with Gasteiger partial charge in [-0.25, -0.2) is 4.98 Å². The molecule has 3 nitrogen and oxygen atoms in total. The highest BCUT2D eigenvalue weighted by Gasteiger charge is 2.03. The smallest absolute Gasteiger partial charge is 0.134 e. The Hall–Kier alpha value is -1.77. The SMILES string of the molecule is CC(C)Nc1nccc2ccc(N)cc12. The molecule has 0 bridgehead atoms. The number of rotatable bonds is 2. The van der Waals surface area contributed by atoms with Gasteiger partial charge >= 0.3 is 0 Å². The molecule has 0 aliphatic heterocycles. The molecule has 0 aliphatic rings. The van der Waals surface area contributed by atoms with Crippen LogP contribution >= 0.6 is 0 Å². The number of nitrogens with two attached hydrogens (primary N) is 1. The lowest BCUT2D eigenvalue weighted by atomic mass is 10.1. The van der Waals surface area contributed by atoms with Crippen LogP contribution in [0.15, 0.2) is 30.5 Å². The molecule has 1 heterocycles. The third-order valence-corrected chi connectivity index (χ3v) is 2.22. The van der Waals surface area contributed by atoms with Crippen LogP contribution in [-0.2, 0) is 0 Å². The van der Waals surface area contributed by atoms with Gasteiger partial charge in [0.05, 0.1) is 0 Å². The summed E-state index contributed by atoms with van der Waals surface area (Å²) in [5, 5.41) is 5.54. The number of pyridine rings is 1. The second-order valence-electron chi connectivity index (χ2n) is 3.94. The molecule has 0 spiro atoms. The highest BCUT2D eigenvalue weighted by molar-refractivity contribution is 5.93. The number of nitrogen functional groups attached to an aromatic ring is 1. The van der Waals surface area contributed by atoms with Gasteiger partial charge in [0.15, 0.2) is 0 Å². The summed E-state index contributed by atoms with van der Waals surface area (Å²) in [5.41, 5.74) is 6.53. The van der Waals surface area contributed by atoms with Crippen LogP contribution in [0.4, 0.5) is 11.5 Å². The summed E-state index contributed by atoms with van der Waals surface area (Å²) in [5.74, 6) is 0.898. The second kappa shape index (κ2) is 3.77. The van der Waals surface area contributed by atoms with Gasteiger partial charge in [0.25, 0.3) is 0 Å². The lowest BCUT2D eigenvalue weighted by Gasteiger charge is -2.11. The molecule has 0 saturated carbocycles. The molecule has 1 aromatic heterocycles. The molecule has 3 N–H and O–H groups in total. The average molecular weight is 201 g/mol. The molecule has 0 aliphatic carbocycles. The Morgan fingerprint density at radius 1 is 1.27 bits per heavy atom. The Labute approximate surface area is 89.3 Å². The highest BCUT2D eigenvalue weighted by Crippen LogP contribution is 2.23. The first-order chi connectivity index (χ1) is 7.16. The maximum absolute atomic E-state index is 5.77. The monoisotopic (exact) mass is 201 g/mol. The van der Waals surface area contributed by atoms with Crippen molar-refractivity contribution in [2.24, 2.45) is 0 Å². The number of hydrogen-bond acceptors (Lipinski definition) is 3. The second-order valence-corrected chi connectivity index (χ2v) is 3.94. The van der Waals surface area contributed by atoms with E-state index in [0.717, 1.165) is 22.3 Å². The molecule has 1 aromatic carbocycles. The van der Waals surface area contributed by atoms with Crippen molar-refractivity contribution in [2.45, 2.75) is 19.9 Å². The van der Waals surface area contributed by atoms with E-state index in [1.54, 1.807) is 0 Å². The molecule has 0 saturated heterocycles. The van der Waals surface area contributed by atoms with E-state index in [2.05, 4.69) is 24.1 Å². The minimum atomic E-state index is 0.365. The third kappa shape index (κ3) is 2.01. The van der Waals surface area contributed by atoms with Gasteiger partial charge in [-0.3, -0.25) is 0 Å². The first-order valence-electron chi connectivity index (χ1n) is 5.07. The predicted octanol–water partition coefficient (Wildman–Crippen LogP) is 2.64. The molecular weight excluding hydrogens is 186 g/mol. The summed E-state index contributed by atoms with van der Waals surface area (Å²) >= 11 is 0. The van der Waals surface area contributed by atoms with Gasteiger partial charge in [0.2, 0.25) is 0 Å². The number of aromatic nitrogens is 1. The maximum atomic E-state index is 5.77. The Morgan fingerprint density at radius 3 is 2.80 bits per heavy atom. The lowest BCUT2D eigenvalue weighted by molar-refractivity contribution is 0.892. The third-order valence-electron chi connectivity index (χ3n) is 2.22. The van der Waals surface area contributed by atoms with E-state index in [0.29, 0.717) is 6.04 Å². The molecule has 78 valence electrons. The number of nitrogens with zero attached hydrogens (tertiary/aromatic N) is 1. The van der Waals surface area contributed by atoms with E-state index in [-0.39, 0.29) is 0 Å². The number of benzene rings is 1. The minimum Gasteiger partial charge on any atom is -0.399 e. The normalized spacial score (nSPS) is 10.9. The Kier molecular flexibility index (Phi) is 2.46. The summed E-state index contributed by atoms with van der Waals surface area (Å²) in [6.45, 7) is 4.18. The largest absolute Gasteiger partial charge is 0.399 e. The molecule has 2 aromatic rings.